The second-order valence-corrected chi connectivity index (χ2v) is 5.86. The summed E-state index contributed by atoms with van der Waals surface area (Å²) in [5, 5.41) is 3.16. The van der Waals surface area contributed by atoms with Gasteiger partial charge in [0.25, 0.3) is 5.56 Å². The lowest BCUT2D eigenvalue weighted by Gasteiger charge is -2.08. The minimum Gasteiger partial charge on any atom is -0.325 e. The molecule has 0 atom stereocenters. The first-order valence-corrected chi connectivity index (χ1v) is 7.57. The number of carbonyl (C=O) groups is 1. The number of benzene rings is 1. The molecule has 0 saturated heterocycles. The Morgan fingerprint density at radius 1 is 1.23 bits per heavy atom. The largest absolute Gasteiger partial charge is 0.325 e. The van der Waals surface area contributed by atoms with Gasteiger partial charge in [-0.3, -0.25) is 14.2 Å². The molecule has 22 heavy (non-hydrogen) atoms. The van der Waals surface area contributed by atoms with Crippen molar-refractivity contribution in [2.75, 3.05) is 5.32 Å². The minimum atomic E-state index is -0.283. The van der Waals surface area contributed by atoms with Crippen LogP contribution in [0, 0.1) is 3.57 Å². The van der Waals surface area contributed by atoms with Crippen molar-refractivity contribution in [2.24, 2.45) is 0 Å². The van der Waals surface area contributed by atoms with Crippen LogP contribution in [-0.2, 0) is 11.3 Å². The number of anilines is 1. The van der Waals surface area contributed by atoms with Gasteiger partial charge < -0.3 is 5.32 Å². The number of halogens is 1. The Hall–Kier alpha value is -2.29. The smallest absolute Gasteiger partial charge is 0.263 e. The zero-order valence-electron chi connectivity index (χ0n) is 11.4. The fourth-order valence-electron chi connectivity index (χ4n) is 2.03. The van der Waals surface area contributed by atoms with Gasteiger partial charge in [0.15, 0.2) is 5.65 Å². The Balaban J connectivity index is 1.82. The van der Waals surface area contributed by atoms with Crippen LogP contribution in [0.5, 0.6) is 0 Å². The highest BCUT2D eigenvalue weighted by Gasteiger charge is 2.08. The van der Waals surface area contributed by atoms with E-state index in [4.69, 9.17) is 0 Å². The van der Waals surface area contributed by atoms with Crippen molar-refractivity contribution < 1.29 is 4.79 Å². The molecule has 0 saturated carbocycles. The van der Waals surface area contributed by atoms with E-state index in [-0.39, 0.29) is 18.0 Å². The average Bonchev–Trinajstić information content (AvgIpc) is 2.50. The van der Waals surface area contributed by atoms with E-state index in [0.717, 1.165) is 3.57 Å². The lowest BCUT2D eigenvalue weighted by atomic mass is 10.3. The van der Waals surface area contributed by atoms with Gasteiger partial charge in [-0.25, -0.2) is 9.97 Å². The highest BCUT2D eigenvalue weighted by atomic mass is 127. The molecule has 7 heteroatoms. The molecule has 2 heterocycles. The van der Waals surface area contributed by atoms with E-state index >= 15 is 0 Å². The number of carbonyl (C=O) groups excluding carboxylic acids is 1. The van der Waals surface area contributed by atoms with Crippen molar-refractivity contribution in [3.63, 3.8) is 0 Å². The average molecular weight is 406 g/mol. The summed E-state index contributed by atoms with van der Waals surface area (Å²) in [6, 6.07) is 10.7. The third-order valence-corrected chi connectivity index (χ3v) is 3.69. The number of nitrogens with zero attached hydrogens (tertiary/aromatic N) is 3. The molecule has 0 bridgehead atoms. The highest BCUT2D eigenvalue weighted by Crippen LogP contribution is 2.12. The molecule has 1 N–H and O–H groups in total. The third kappa shape index (κ3) is 3.14. The molecule has 3 aromatic rings. The van der Waals surface area contributed by atoms with Crippen LogP contribution in [0.25, 0.3) is 11.0 Å². The summed E-state index contributed by atoms with van der Waals surface area (Å²) >= 11 is 2.17. The quantitative estimate of drug-likeness (QED) is 0.676. The zero-order chi connectivity index (χ0) is 15.5. The Morgan fingerprint density at radius 2 is 2.09 bits per heavy atom. The monoisotopic (exact) mass is 406 g/mol. The standard InChI is InChI=1S/C15H11IN4O2/c16-10-3-1-4-11(7-10)19-13(21)8-20-9-18-14-12(15(20)22)5-2-6-17-14/h1-7,9H,8H2,(H,19,21). The molecule has 0 unspecified atom stereocenters. The van der Waals surface area contributed by atoms with Crippen LogP contribution in [0.3, 0.4) is 0 Å². The van der Waals surface area contributed by atoms with Gasteiger partial charge >= 0.3 is 0 Å². The highest BCUT2D eigenvalue weighted by molar-refractivity contribution is 14.1. The molecule has 110 valence electrons. The normalized spacial score (nSPS) is 10.6. The summed E-state index contributed by atoms with van der Waals surface area (Å²) < 4.78 is 2.29. The van der Waals surface area contributed by atoms with Gasteiger partial charge in [0.05, 0.1) is 5.39 Å². The van der Waals surface area contributed by atoms with Crippen molar-refractivity contribution >= 4 is 45.2 Å². The van der Waals surface area contributed by atoms with Crippen molar-refractivity contribution in [1.82, 2.24) is 14.5 Å². The van der Waals surface area contributed by atoms with Crippen LogP contribution < -0.4 is 10.9 Å². The van der Waals surface area contributed by atoms with Crippen LogP contribution in [0.4, 0.5) is 5.69 Å². The van der Waals surface area contributed by atoms with Crippen LogP contribution >= 0.6 is 22.6 Å². The van der Waals surface area contributed by atoms with Gasteiger partial charge in [-0.2, -0.15) is 0 Å². The molecule has 1 amide bonds. The Morgan fingerprint density at radius 3 is 2.91 bits per heavy atom. The van der Waals surface area contributed by atoms with Crippen LogP contribution in [0.1, 0.15) is 0 Å². The Labute approximate surface area is 139 Å². The van der Waals surface area contributed by atoms with Gasteiger partial charge in [-0.1, -0.05) is 6.07 Å². The number of hydrogen-bond acceptors (Lipinski definition) is 4. The summed E-state index contributed by atoms with van der Waals surface area (Å²) in [7, 11) is 0. The van der Waals surface area contributed by atoms with E-state index < -0.39 is 0 Å². The predicted octanol–water partition coefficient (Wildman–Crippen LogP) is 2.03. The molecule has 1 aromatic carbocycles. The number of fused-ring (bicyclic) bond motifs is 1. The van der Waals surface area contributed by atoms with E-state index in [0.29, 0.717) is 16.7 Å². The maximum atomic E-state index is 12.3. The van der Waals surface area contributed by atoms with Crippen LogP contribution in [0.2, 0.25) is 0 Å². The first-order chi connectivity index (χ1) is 10.6. The number of rotatable bonds is 3. The predicted molar refractivity (Wildman–Crippen MR) is 91.6 cm³/mol. The Kier molecular flexibility index (Phi) is 4.14. The number of nitrogens with one attached hydrogen (secondary N) is 1. The fourth-order valence-corrected chi connectivity index (χ4v) is 2.58. The molecule has 6 nitrogen and oxygen atoms in total. The van der Waals surface area contributed by atoms with Gasteiger partial charge in [0, 0.05) is 15.5 Å². The van der Waals surface area contributed by atoms with Gasteiger partial charge in [0.1, 0.15) is 12.9 Å². The molecule has 0 aliphatic rings. The maximum Gasteiger partial charge on any atom is 0.263 e. The zero-order valence-corrected chi connectivity index (χ0v) is 13.5. The minimum absolute atomic E-state index is 0.0951. The summed E-state index contributed by atoms with van der Waals surface area (Å²) in [5.74, 6) is -0.283. The molecule has 0 radical (unpaired) electrons. The topological polar surface area (TPSA) is 76.9 Å². The first kappa shape index (κ1) is 14.6. The van der Waals surface area contributed by atoms with Crippen LogP contribution in [0.15, 0.2) is 53.7 Å². The lowest BCUT2D eigenvalue weighted by molar-refractivity contribution is -0.116. The van der Waals surface area contributed by atoms with Gasteiger partial charge in [-0.15, -0.1) is 0 Å². The van der Waals surface area contributed by atoms with Crippen molar-refractivity contribution in [1.29, 1.82) is 0 Å². The van der Waals surface area contributed by atoms with E-state index in [9.17, 15) is 9.59 Å². The molecule has 0 fully saturated rings. The fraction of sp³-hybridized carbons (Fsp3) is 0.0667. The van der Waals surface area contributed by atoms with E-state index in [1.807, 2.05) is 18.2 Å². The summed E-state index contributed by atoms with van der Waals surface area (Å²) in [5.41, 5.74) is 0.790. The number of pyridine rings is 1. The van der Waals surface area contributed by atoms with Crippen LogP contribution in [-0.4, -0.2) is 20.4 Å². The molecular formula is C15H11IN4O2. The number of hydrogen-bond donors (Lipinski definition) is 1. The van der Waals surface area contributed by atoms with Gasteiger partial charge in [0.2, 0.25) is 5.91 Å². The second kappa shape index (κ2) is 6.22. The van der Waals surface area contributed by atoms with Crippen molar-refractivity contribution in [3.05, 3.63) is 62.8 Å². The Bertz CT molecular complexity index is 907. The van der Waals surface area contributed by atoms with Crippen molar-refractivity contribution in [3.8, 4) is 0 Å². The van der Waals surface area contributed by atoms with E-state index in [1.165, 1.54) is 10.9 Å². The van der Waals surface area contributed by atoms with Gasteiger partial charge in [-0.05, 0) is 52.9 Å². The summed E-state index contributed by atoms with van der Waals surface area (Å²) in [4.78, 5) is 32.4. The third-order valence-electron chi connectivity index (χ3n) is 3.02. The molecular weight excluding hydrogens is 395 g/mol. The molecule has 0 spiro atoms. The molecule has 0 aliphatic heterocycles. The van der Waals surface area contributed by atoms with E-state index in [1.54, 1.807) is 24.4 Å². The van der Waals surface area contributed by atoms with E-state index in [2.05, 4.69) is 37.9 Å². The number of aromatic nitrogens is 3. The number of amides is 1. The lowest BCUT2D eigenvalue weighted by Crippen LogP contribution is -2.28. The SMILES string of the molecule is O=C(Cn1cnc2ncccc2c1=O)Nc1cccc(I)c1. The molecule has 3 rings (SSSR count). The second-order valence-electron chi connectivity index (χ2n) is 4.61. The summed E-state index contributed by atoms with van der Waals surface area (Å²) in [6.07, 6.45) is 2.91. The molecule has 0 aliphatic carbocycles. The summed E-state index contributed by atoms with van der Waals surface area (Å²) in [6.45, 7) is -0.0951. The first-order valence-electron chi connectivity index (χ1n) is 6.49. The maximum absolute atomic E-state index is 12.3. The molecule has 2 aromatic heterocycles. The van der Waals surface area contributed by atoms with Crippen molar-refractivity contribution in [2.45, 2.75) is 6.54 Å².